The number of carbonyl (C=O) groups excluding carboxylic acids is 2. The average molecular weight is 746 g/mol. The van der Waals surface area contributed by atoms with Gasteiger partial charge in [-0.2, -0.15) is 13.2 Å². The number of nitrogens with zero attached hydrogens (tertiary/aromatic N) is 4. The summed E-state index contributed by atoms with van der Waals surface area (Å²) in [6.07, 6.45) is -3.02. The molecular weight excluding hydrogens is 704 g/mol. The second-order valence-electron chi connectivity index (χ2n) is 11.5. The van der Waals surface area contributed by atoms with E-state index in [2.05, 4.69) is 32.3 Å². The highest BCUT2D eigenvalue weighted by Gasteiger charge is 2.35. The third-order valence-corrected chi connectivity index (χ3v) is 8.29. The van der Waals surface area contributed by atoms with Gasteiger partial charge >= 0.3 is 12.1 Å². The summed E-state index contributed by atoms with van der Waals surface area (Å²) in [7, 11) is 1.58. The monoisotopic (exact) mass is 744 g/mol. The molecule has 2 amide bonds. The van der Waals surface area contributed by atoms with E-state index in [-0.39, 0.29) is 34.2 Å². The lowest BCUT2D eigenvalue weighted by atomic mass is 9.93. The molecule has 0 spiro atoms. The van der Waals surface area contributed by atoms with Crippen LogP contribution in [0.3, 0.4) is 0 Å². The number of hydrogen-bond donors (Lipinski definition) is 2. The van der Waals surface area contributed by atoms with Crippen LogP contribution in [-0.4, -0.2) is 119 Å². The topological polar surface area (TPSA) is 122 Å². The van der Waals surface area contributed by atoms with Gasteiger partial charge in [0.25, 0.3) is 11.9 Å². The summed E-state index contributed by atoms with van der Waals surface area (Å²) < 4.78 is 53.6. The summed E-state index contributed by atoms with van der Waals surface area (Å²) in [6, 6.07) is 9.82. The van der Waals surface area contributed by atoms with Crippen molar-refractivity contribution in [1.82, 2.24) is 19.6 Å². The predicted molar refractivity (Wildman–Crippen MR) is 175 cm³/mol. The zero-order chi connectivity index (χ0) is 36.2. The van der Waals surface area contributed by atoms with Gasteiger partial charge in [-0.05, 0) is 48.9 Å². The molecule has 2 aromatic carbocycles. The van der Waals surface area contributed by atoms with E-state index in [0.717, 1.165) is 76.5 Å². The number of amides is 2. The number of hydrogen-bond acceptors (Lipinski definition) is 6. The average Bonchev–Trinajstić information content (AvgIpc) is 2.99. The lowest BCUT2D eigenvalue weighted by molar-refractivity contribution is -0.138. The molecule has 0 aromatic heterocycles. The van der Waals surface area contributed by atoms with Gasteiger partial charge in [0.2, 0.25) is 5.91 Å². The second-order valence-corrected chi connectivity index (χ2v) is 12.4. The first-order valence-corrected chi connectivity index (χ1v) is 15.9. The van der Waals surface area contributed by atoms with Gasteiger partial charge in [0.15, 0.2) is 0 Å². The summed E-state index contributed by atoms with van der Waals surface area (Å²) in [5.41, 5.74) is -0.0648. The number of likely N-dealkylation sites (N-methyl/N-ethyl adjacent to an activating group) is 1. The van der Waals surface area contributed by atoms with Crippen molar-refractivity contribution in [2.45, 2.75) is 38.4 Å². The summed E-state index contributed by atoms with van der Waals surface area (Å²) in [5.74, 6) is -2.69. The van der Waals surface area contributed by atoms with E-state index in [4.69, 9.17) is 15.0 Å². The fourth-order valence-corrected chi connectivity index (χ4v) is 5.80. The predicted octanol–water partition coefficient (Wildman–Crippen LogP) is 5.05. The third-order valence-electron chi connectivity index (χ3n) is 7.84. The molecular formula is C33H41BrF4N4O6. The maximum absolute atomic E-state index is 13.6. The van der Waals surface area contributed by atoms with Gasteiger partial charge in [0, 0.05) is 94.8 Å². The standard InChI is InChI=1S/C28H33BrF4N4O2.C3H4O2.C2H4O2/c1-19(38)36-9-11-37(12-10-36)26-17-35(18-26)8-7-21(20-3-5-25(30)6-4-20)16-34(2)27(39)22-13-23(28(31,32)33)15-24(29)14-22;1-2-3(4)5;1-2(3)4/h3-6,13-15,21,26H,7-12,16-18H2,1-2H3;2H,1H2,(H,4,5);1H3,(H,3,4)/t21-;;/m1../s1. The molecule has 48 heavy (non-hydrogen) atoms. The Kier molecular flexibility index (Phi) is 15.7. The van der Waals surface area contributed by atoms with Gasteiger partial charge in [-0.1, -0.05) is 34.6 Å². The highest BCUT2D eigenvalue weighted by Crippen LogP contribution is 2.33. The van der Waals surface area contributed by atoms with Crippen LogP contribution in [0.2, 0.25) is 0 Å². The van der Waals surface area contributed by atoms with Crippen LogP contribution >= 0.6 is 15.9 Å². The number of carbonyl (C=O) groups is 4. The van der Waals surface area contributed by atoms with E-state index >= 15 is 0 Å². The Morgan fingerprint density at radius 1 is 1.02 bits per heavy atom. The number of alkyl halides is 3. The molecule has 2 saturated heterocycles. The highest BCUT2D eigenvalue weighted by molar-refractivity contribution is 9.10. The Morgan fingerprint density at radius 2 is 1.56 bits per heavy atom. The molecule has 264 valence electrons. The van der Waals surface area contributed by atoms with Crippen LogP contribution < -0.4 is 0 Å². The Morgan fingerprint density at radius 3 is 2.04 bits per heavy atom. The minimum Gasteiger partial charge on any atom is -0.481 e. The van der Waals surface area contributed by atoms with Crippen molar-refractivity contribution in [3.8, 4) is 0 Å². The molecule has 2 aliphatic heterocycles. The van der Waals surface area contributed by atoms with Crippen LogP contribution in [0.1, 0.15) is 47.7 Å². The first-order valence-electron chi connectivity index (χ1n) is 15.1. The van der Waals surface area contributed by atoms with Gasteiger partial charge in [0.1, 0.15) is 5.82 Å². The van der Waals surface area contributed by atoms with Gasteiger partial charge in [-0.3, -0.25) is 19.3 Å². The Balaban J connectivity index is 0.000000789. The number of rotatable bonds is 9. The molecule has 2 N–H and O–H groups in total. The Labute approximate surface area is 285 Å². The van der Waals surface area contributed by atoms with Crippen LogP contribution in [0.5, 0.6) is 0 Å². The molecule has 1 atom stereocenters. The minimum absolute atomic E-state index is 0.0486. The van der Waals surface area contributed by atoms with Crippen LogP contribution in [-0.2, 0) is 20.6 Å². The summed E-state index contributed by atoms with van der Waals surface area (Å²) in [4.78, 5) is 51.0. The van der Waals surface area contributed by atoms with Crippen molar-refractivity contribution in [3.05, 3.63) is 82.1 Å². The van der Waals surface area contributed by atoms with Crippen LogP contribution in [0.4, 0.5) is 17.6 Å². The number of carboxylic acid groups (broad SMARTS) is 2. The van der Waals surface area contributed by atoms with Crippen LogP contribution in [0.25, 0.3) is 0 Å². The van der Waals surface area contributed by atoms with E-state index in [1.165, 1.54) is 23.1 Å². The molecule has 10 nitrogen and oxygen atoms in total. The van der Waals surface area contributed by atoms with E-state index in [0.29, 0.717) is 12.5 Å². The smallest absolute Gasteiger partial charge is 0.416 e. The van der Waals surface area contributed by atoms with Crippen molar-refractivity contribution < 1.29 is 47.0 Å². The van der Waals surface area contributed by atoms with Crippen molar-refractivity contribution in [1.29, 1.82) is 0 Å². The number of halogens is 5. The minimum atomic E-state index is -4.57. The normalized spacial score (nSPS) is 15.9. The molecule has 0 aliphatic carbocycles. The molecule has 2 aromatic rings. The number of aliphatic carboxylic acids is 2. The number of benzene rings is 2. The van der Waals surface area contributed by atoms with Gasteiger partial charge < -0.3 is 24.9 Å². The van der Waals surface area contributed by atoms with Crippen molar-refractivity contribution in [2.24, 2.45) is 0 Å². The number of piperazine rings is 1. The maximum atomic E-state index is 13.6. The second kappa shape index (κ2) is 18.7. The van der Waals surface area contributed by atoms with Gasteiger partial charge in [-0.25, -0.2) is 9.18 Å². The molecule has 0 unspecified atom stereocenters. The molecule has 15 heteroatoms. The Bertz CT molecular complexity index is 1410. The summed E-state index contributed by atoms with van der Waals surface area (Å²) in [5, 5.41) is 15.0. The van der Waals surface area contributed by atoms with Crippen molar-refractivity contribution in [2.75, 3.05) is 59.4 Å². The quantitative estimate of drug-likeness (QED) is 0.271. The SMILES string of the molecule is C=CC(=O)O.CC(=O)N1CCN(C2CN(CC[C@H](CN(C)C(=O)c3cc(Br)cc(C(F)(F)F)c3)c3ccc(F)cc3)C2)CC1.CC(=O)O. The lowest BCUT2D eigenvalue weighted by Gasteiger charge is -2.48. The third kappa shape index (κ3) is 13.4. The first-order chi connectivity index (χ1) is 22.4. The molecule has 2 heterocycles. The van der Waals surface area contributed by atoms with E-state index in [9.17, 15) is 31.9 Å². The van der Waals surface area contributed by atoms with Crippen LogP contribution in [0.15, 0.2) is 59.6 Å². The zero-order valence-corrected chi connectivity index (χ0v) is 28.6. The first kappa shape index (κ1) is 40.4. The van der Waals surface area contributed by atoms with E-state index in [1.54, 1.807) is 26.1 Å². The fraction of sp³-hybridized carbons (Fsp3) is 0.455. The molecule has 0 saturated carbocycles. The van der Waals surface area contributed by atoms with E-state index < -0.39 is 29.6 Å². The Hall–Kier alpha value is -3.82. The number of likely N-dealkylation sites (tertiary alicyclic amines) is 1. The molecule has 2 fully saturated rings. The highest BCUT2D eigenvalue weighted by atomic mass is 79.9. The zero-order valence-electron chi connectivity index (χ0n) is 27.1. The molecule has 4 rings (SSSR count). The van der Waals surface area contributed by atoms with Crippen molar-refractivity contribution >= 4 is 39.7 Å². The van der Waals surface area contributed by atoms with E-state index in [1.807, 2.05) is 4.90 Å². The maximum Gasteiger partial charge on any atom is 0.416 e. The summed E-state index contributed by atoms with van der Waals surface area (Å²) >= 11 is 3.08. The molecule has 0 bridgehead atoms. The van der Waals surface area contributed by atoms with Crippen LogP contribution in [0, 0.1) is 5.82 Å². The van der Waals surface area contributed by atoms with Crippen molar-refractivity contribution in [3.63, 3.8) is 0 Å². The van der Waals surface area contributed by atoms with Gasteiger partial charge in [0.05, 0.1) is 5.56 Å². The number of carboxylic acids is 2. The lowest BCUT2D eigenvalue weighted by Crippen LogP contribution is -2.63. The molecule has 0 radical (unpaired) electrons. The molecule has 2 aliphatic rings. The summed E-state index contributed by atoms with van der Waals surface area (Å²) in [6.45, 7) is 11.8. The fourth-order valence-electron chi connectivity index (χ4n) is 5.31. The van der Waals surface area contributed by atoms with Gasteiger partial charge in [-0.15, -0.1) is 0 Å². The largest absolute Gasteiger partial charge is 0.481 e.